The molecule has 1 aromatic heterocycles. The van der Waals surface area contributed by atoms with E-state index in [9.17, 15) is 4.79 Å². The molecule has 1 aromatic rings. The molecule has 1 N–H and O–H groups in total. The molecule has 0 bridgehead atoms. The summed E-state index contributed by atoms with van der Waals surface area (Å²) in [5.41, 5.74) is 0.655. The standard InChI is InChI=1S/C13H22N2O2S/c1-6-13(4,5)8-14-12-15-10(9(3)18-12)11(16)17-7-2/h6-8H2,1-5H3,(H,14,15). The smallest absolute Gasteiger partial charge is 0.358 e. The molecule has 0 saturated carbocycles. The van der Waals surface area contributed by atoms with Crippen molar-refractivity contribution in [3.8, 4) is 0 Å². The van der Waals surface area contributed by atoms with Gasteiger partial charge < -0.3 is 10.1 Å². The summed E-state index contributed by atoms with van der Waals surface area (Å²) in [5, 5.41) is 4.08. The Balaban J connectivity index is 2.70. The van der Waals surface area contributed by atoms with Crippen LogP contribution in [-0.4, -0.2) is 24.1 Å². The van der Waals surface area contributed by atoms with Gasteiger partial charge in [0, 0.05) is 11.4 Å². The number of carbonyl (C=O) groups excluding carboxylic acids is 1. The fraction of sp³-hybridized carbons (Fsp3) is 0.692. The van der Waals surface area contributed by atoms with E-state index < -0.39 is 0 Å². The van der Waals surface area contributed by atoms with Crippen LogP contribution in [0.25, 0.3) is 0 Å². The Hall–Kier alpha value is -1.10. The molecule has 1 heterocycles. The van der Waals surface area contributed by atoms with Gasteiger partial charge in [-0.2, -0.15) is 0 Å². The molecule has 0 aliphatic carbocycles. The molecule has 0 aliphatic heterocycles. The average Bonchev–Trinajstić information content (AvgIpc) is 2.69. The maximum absolute atomic E-state index is 11.6. The van der Waals surface area contributed by atoms with E-state index in [1.807, 2.05) is 6.92 Å². The first-order valence-corrected chi connectivity index (χ1v) is 7.09. The van der Waals surface area contributed by atoms with Crippen LogP contribution < -0.4 is 5.32 Å². The normalized spacial score (nSPS) is 11.4. The third kappa shape index (κ3) is 3.98. The highest BCUT2D eigenvalue weighted by Crippen LogP contribution is 2.25. The molecule has 0 radical (unpaired) electrons. The molecule has 0 atom stereocenters. The number of nitrogens with one attached hydrogen (secondary N) is 1. The van der Waals surface area contributed by atoms with Crippen LogP contribution in [0.4, 0.5) is 5.13 Å². The van der Waals surface area contributed by atoms with Crippen molar-refractivity contribution in [2.75, 3.05) is 18.5 Å². The maximum atomic E-state index is 11.6. The zero-order valence-corrected chi connectivity index (χ0v) is 12.6. The lowest BCUT2D eigenvalue weighted by atomic mass is 9.90. The molecule has 5 heteroatoms. The van der Waals surface area contributed by atoms with Gasteiger partial charge in [-0.1, -0.05) is 20.8 Å². The van der Waals surface area contributed by atoms with Gasteiger partial charge in [-0.05, 0) is 25.7 Å². The lowest BCUT2D eigenvalue weighted by molar-refractivity contribution is 0.0519. The molecule has 0 fully saturated rings. The van der Waals surface area contributed by atoms with Crippen LogP contribution in [0.15, 0.2) is 0 Å². The third-order valence-electron chi connectivity index (χ3n) is 2.94. The minimum atomic E-state index is -0.339. The van der Waals surface area contributed by atoms with Crippen LogP contribution in [0.3, 0.4) is 0 Å². The Labute approximate surface area is 113 Å². The van der Waals surface area contributed by atoms with Crippen molar-refractivity contribution in [1.29, 1.82) is 0 Å². The SMILES string of the molecule is CCOC(=O)c1nc(NCC(C)(C)CC)sc1C. The number of hydrogen-bond donors (Lipinski definition) is 1. The summed E-state index contributed by atoms with van der Waals surface area (Å²) in [6.45, 7) is 11.5. The molecular weight excluding hydrogens is 248 g/mol. The highest BCUT2D eigenvalue weighted by molar-refractivity contribution is 7.15. The number of aromatic nitrogens is 1. The van der Waals surface area contributed by atoms with E-state index in [0.29, 0.717) is 12.3 Å². The zero-order valence-electron chi connectivity index (χ0n) is 11.8. The van der Waals surface area contributed by atoms with Gasteiger partial charge in [0.05, 0.1) is 6.61 Å². The van der Waals surface area contributed by atoms with Gasteiger partial charge in [0.25, 0.3) is 0 Å². The molecule has 0 amide bonds. The highest BCUT2D eigenvalue weighted by Gasteiger charge is 2.19. The van der Waals surface area contributed by atoms with E-state index in [2.05, 4.69) is 31.1 Å². The van der Waals surface area contributed by atoms with Crippen LogP contribution in [0.1, 0.15) is 49.5 Å². The number of esters is 1. The Bertz CT molecular complexity index is 413. The number of thiazole rings is 1. The Kier molecular flexibility index (Phi) is 5.14. The van der Waals surface area contributed by atoms with Crippen molar-refractivity contribution in [2.45, 2.75) is 41.0 Å². The molecular formula is C13H22N2O2S. The van der Waals surface area contributed by atoms with Crippen molar-refractivity contribution in [3.63, 3.8) is 0 Å². The second-order valence-corrected chi connectivity index (χ2v) is 6.22. The molecule has 0 aliphatic rings. The van der Waals surface area contributed by atoms with Gasteiger partial charge >= 0.3 is 5.97 Å². The molecule has 0 saturated heterocycles. The third-order valence-corrected chi connectivity index (χ3v) is 3.87. The monoisotopic (exact) mass is 270 g/mol. The predicted molar refractivity (Wildman–Crippen MR) is 75.4 cm³/mol. The summed E-state index contributed by atoms with van der Waals surface area (Å²) < 4.78 is 4.97. The fourth-order valence-corrected chi connectivity index (χ4v) is 2.10. The second kappa shape index (κ2) is 6.18. The van der Waals surface area contributed by atoms with Gasteiger partial charge in [0.1, 0.15) is 0 Å². The second-order valence-electron chi connectivity index (χ2n) is 5.02. The van der Waals surface area contributed by atoms with Gasteiger partial charge in [-0.15, -0.1) is 11.3 Å². The van der Waals surface area contributed by atoms with Crippen molar-refractivity contribution >= 4 is 22.4 Å². The van der Waals surface area contributed by atoms with E-state index in [-0.39, 0.29) is 11.4 Å². The number of ether oxygens (including phenoxy) is 1. The maximum Gasteiger partial charge on any atom is 0.358 e. The summed E-state index contributed by atoms with van der Waals surface area (Å²) in [6.07, 6.45) is 1.09. The quantitative estimate of drug-likeness (QED) is 0.804. The topological polar surface area (TPSA) is 51.2 Å². The molecule has 1 rings (SSSR count). The van der Waals surface area contributed by atoms with Crippen LogP contribution in [0, 0.1) is 12.3 Å². The lowest BCUT2D eigenvalue weighted by Gasteiger charge is -2.22. The summed E-state index contributed by atoms with van der Waals surface area (Å²) >= 11 is 1.50. The summed E-state index contributed by atoms with van der Waals surface area (Å²) in [7, 11) is 0. The number of rotatable bonds is 6. The van der Waals surface area contributed by atoms with Crippen LogP contribution >= 0.6 is 11.3 Å². The number of hydrogen-bond acceptors (Lipinski definition) is 5. The number of nitrogens with zero attached hydrogens (tertiary/aromatic N) is 1. The van der Waals surface area contributed by atoms with Crippen molar-refractivity contribution in [1.82, 2.24) is 4.98 Å². The van der Waals surface area contributed by atoms with Gasteiger partial charge in [0.15, 0.2) is 10.8 Å². The van der Waals surface area contributed by atoms with E-state index in [4.69, 9.17) is 4.74 Å². The molecule has 0 unspecified atom stereocenters. The summed E-state index contributed by atoms with van der Waals surface area (Å²) in [5.74, 6) is -0.339. The van der Waals surface area contributed by atoms with Crippen molar-refractivity contribution in [3.05, 3.63) is 10.6 Å². The minimum Gasteiger partial charge on any atom is -0.461 e. The van der Waals surface area contributed by atoms with E-state index >= 15 is 0 Å². The average molecular weight is 270 g/mol. The summed E-state index contributed by atoms with van der Waals surface area (Å²) in [6, 6.07) is 0. The number of carbonyl (C=O) groups is 1. The Morgan fingerprint density at radius 1 is 1.44 bits per heavy atom. The van der Waals surface area contributed by atoms with Gasteiger partial charge in [0.2, 0.25) is 0 Å². The Morgan fingerprint density at radius 2 is 2.11 bits per heavy atom. The van der Waals surface area contributed by atoms with Gasteiger partial charge in [-0.25, -0.2) is 9.78 Å². The van der Waals surface area contributed by atoms with E-state index in [1.165, 1.54) is 11.3 Å². The molecule has 102 valence electrons. The van der Waals surface area contributed by atoms with Crippen molar-refractivity contribution < 1.29 is 9.53 Å². The lowest BCUT2D eigenvalue weighted by Crippen LogP contribution is -2.22. The first-order chi connectivity index (χ1) is 8.39. The fourth-order valence-electron chi connectivity index (χ4n) is 1.30. The molecule has 18 heavy (non-hydrogen) atoms. The van der Waals surface area contributed by atoms with E-state index in [0.717, 1.165) is 23.0 Å². The van der Waals surface area contributed by atoms with Gasteiger partial charge in [-0.3, -0.25) is 0 Å². The highest BCUT2D eigenvalue weighted by atomic mass is 32.1. The zero-order chi connectivity index (χ0) is 13.8. The van der Waals surface area contributed by atoms with Crippen molar-refractivity contribution in [2.24, 2.45) is 5.41 Å². The minimum absolute atomic E-state index is 0.226. The van der Waals surface area contributed by atoms with Crippen LogP contribution in [-0.2, 0) is 4.74 Å². The van der Waals surface area contributed by atoms with Crippen LogP contribution in [0.5, 0.6) is 0 Å². The Morgan fingerprint density at radius 3 is 2.67 bits per heavy atom. The number of anilines is 1. The van der Waals surface area contributed by atoms with Crippen LogP contribution in [0.2, 0.25) is 0 Å². The molecule has 0 aromatic carbocycles. The molecule has 4 nitrogen and oxygen atoms in total. The first kappa shape index (κ1) is 15.0. The number of aryl methyl sites for hydroxylation is 1. The molecule has 0 spiro atoms. The summed E-state index contributed by atoms with van der Waals surface area (Å²) in [4.78, 5) is 16.8. The largest absolute Gasteiger partial charge is 0.461 e. The predicted octanol–water partition coefficient (Wildman–Crippen LogP) is 3.48. The first-order valence-electron chi connectivity index (χ1n) is 6.28. The van der Waals surface area contributed by atoms with E-state index in [1.54, 1.807) is 6.92 Å².